The number of nitrogens with zero attached hydrogens (tertiary/aromatic N) is 1. The maximum Gasteiger partial charge on any atom is 0.307 e. The molecule has 102 valence electrons. The molecule has 18 heavy (non-hydrogen) atoms. The molecule has 0 bridgehead atoms. The van der Waals surface area contributed by atoms with Gasteiger partial charge in [0.25, 0.3) is 0 Å². The third-order valence-electron chi connectivity index (χ3n) is 4.53. The third kappa shape index (κ3) is 2.52. The molecule has 0 aromatic rings. The second-order valence-corrected chi connectivity index (χ2v) is 5.57. The van der Waals surface area contributed by atoms with Crippen molar-refractivity contribution in [2.45, 2.75) is 57.9 Å². The Morgan fingerprint density at radius 1 is 1.11 bits per heavy atom. The highest BCUT2D eigenvalue weighted by Gasteiger charge is 2.41. The van der Waals surface area contributed by atoms with Crippen molar-refractivity contribution >= 4 is 11.9 Å². The molecule has 2 rings (SSSR count). The SMILES string of the molecule is CCC1CCCCN1C(=O)[C@@H]1CCC[C@@H]1C(=O)O. The molecule has 1 saturated heterocycles. The van der Waals surface area contributed by atoms with Crippen LogP contribution in [0.25, 0.3) is 0 Å². The van der Waals surface area contributed by atoms with Gasteiger partial charge in [-0.05, 0) is 38.5 Å². The number of aliphatic carboxylic acids is 1. The fourth-order valence-corrected chi connectivity index (χ4v) is 3.48. The number of rotatable bonds is 3. The molecule has 2 fully saturated rings. The van der Waals surface area contributed by atoms with Crippen LogP contribution in [0.1, 0.15) is 51.9 Å². The average Bonchev–Trinajstić information content (AvgIpc) is 2.87. The summed E-state index contributed by atoms with van der Waals surface area (Å²) in [4.78, 5) is 25.7. The number of hydrogen-bond acceptors (Lipinski definition) is 2. The molecule has 1 amide bonds. The molecule has 0 radical (unpaired) electrons. The average molecular weight is 253 g/mol. The number of carbonyl (C=O) groups is 2. The molecule has 1 N–H and O–H groups in total. The van der Waals surface area contributed by atoms with Crippen molar-refractivity contribution in [3.8, 4) is 0 Å². The van der Waals surface area contributed by atoms with Gasteiger partial charge < -0.3 is 10.0 Å². The van der Waals surface area contributed by atoms with Gasteiger partial charge in [-0.15, -0.1) is 0 Å². The molecular weight excluding hydrogens is 230 g/mol. The van der Waals surface area contributed by atoms with E-state index in [1.54, 1.807) is 0 Å². The normalized spacial score (nSPS) is 32.5. The number of carbonyl (C=O) groups excluding carboxylic acids is 1. The first-order chi connectivity index (χ1) is 8.65. The highest BCUT2D eigenvalue weighted by molar-refractivity contribution is 5.85. The van der Waals surface area contributed by atoms with E-state index in [2.05, 4.69) is 6.92 Å². The molecule has 1 aliphatic heterocycles. The van der Waals surface area contributed by atoms with E-state index < -0.39 is 11.9 Å². The summed E-state index contributed by atoms with van der Waals surface area (Å²) in [5, 5.41) is 9.18. The van der Waals surface area contributed by atoms with E-state index >= 15 is 0 Å². The highest BCUT2D eigenvalue weighted by atomic mass is 16.4. The highest BCUT2D eigenvalue weighted by Crippen LogP contribution is 2.35. The summed E-state index contributed by atoms with van der Waals surface area (Å²) in [5.74, 6) is -1.41. The van der Waals surface area contributed by atoms with E-state index in [4.69, 9.17) is 0 Å². The monoisotopic (exact) mass is 253 g/mol. The summed E-state index contributed by atoms with van der Waals surface area (Å²) in [6.07, 6.45) is 6.60. The quantitative estimate of drug-likeness (QED) is 0.839. The molecule has 3 atom stereocenters. The lowest BCUT2D eigenvalue weighted by Gasteiger charge is -2.37. The van der Waals surface area contributed by atoms with E-state index in [-0.39, 0.29) is 11.8 Å². The predicted molar refractivity (Wildman–Crippen MR) is 68.1 cm³/mol. The van der Waals surface area contributed by atoms with Crippen LogP contribution in [-0.2, 0) is 9.59 Å². The van der Waals surface area contributed by atoms with Crippen molar-refractivity contribution in [2.24, 2.45) is 11.8 Å². The zero-order chi connectivity index (χ0) is 13.1. The number of carboxylic acids is 1. The van der Waals surface area contributed by atoms with Gasteiger partial charge in [-0.3, -0.25) is 9.59 Å². The number of amides is 1. The summed E-state index contributed by atoms with van der Waals surface area (Å²) < 4.78 is 0. The largest absolute Gasteiger partial charge is 0.481 e. The number of hydrogen-bond donors (Lipinski definition) is 1. The molecule has 0 aromatic heterocycles. The van der Waals surface area contributed by atoms with Crippen LogP contribution in [0.2, 0.25) is 0 Å². The van der Waals surface area contributed by atoms with Crippen LogP contribution in [0, 0.1) is 11.8 Å². The van der Waals surface area contributed by atoms with Crippen molar-refractivity contribution < 1.29 is 14.7 Å². The van der Waals surface area contributed by atoms with Gasteiger partial charge in [-0.25, -0.2) is 0 Å². The van der Waals surface area contributed by atoms with Gasteiger partial charge in [0.05, 0.1) is 11.8 Å². The Labute approximate surface area is 108 Å². The van der Waals surface area contributed by atoms with Crippen molar-refractivity contribution in [3.05, 3.63) is 0 Å². The van der Waals surface area contributed by atoms with Crippen LogP contribution in [0.15, 0.2) is 0 Å². The second kappa shape index (κ2) is 5.72. The zero-order valence-corrected chi connectivity index (χ0v) is 11.1. The lowest BCUT2D eigenvalue weighted by atomic mass is 9.91. The van der Waals surface area contributed by atoms with Crippen LogP contribution in [-0.4, -0.2) is 34.5 Å². The fraction of sp³-hybridized carbons (Fsp3) is 0.857. The molecule has 0 aromatic carbocycles. The predicted octanol–water partition coefficient (Wildman–Crippen LogP) is 2.28. The van der Waals surface area contributed by atoms with Gasteiger partial charge in [0, 0.05) is 12.6 Å². The molecule has 4 nitrogen and oxygen atoms in total. The lowest BCUT2D eigenvalue weighted by molar-refractivity contribution is -0.150. The molecule has 4 heteroatoms. The number of piperidine rings is 1. The summed E-state index contributed by atoms with van der Waals surface area (Å²) >= 11 is 0. The van der Waals surface area contributed by atoms with Crippen molar-refractivity contribution in [2.75, 3.05) is 6.54 Å². The van der Waals surface area contributed by atoms with Gasteiger partial charge in [0.2, 0.25) is 5.91 Å². The van der Waals surface area contributed by atoms with Gasteiger partial charge in [-0.2, -0.15) is 0 Å². The molecule has 1 unspecified atom stereocenters. The van der Waals surface area contributed by atoms with E-state index in [0.717, 1.165) is 38.6 Å². The molecule has 1 aliphatic carbocycles. The van der Waals surface area contributed by atoms with Crippen LogP contribution >= 0.6 is 0 Å². The summed E-state index contributed by atoms with van der Waals surface area (Å²) in [7, 11) is 0. The van der Waals surface area contributed by atoms with Crippen molar-refractivity contribution in [1.82, 2.24) is 4.90 Å². The zero-order valence-electron chi connectivity index (χ0n) is 11.1. The summed E-state index contributed by atoms with van der Waals surface area (Å²) in [6.45, 7) is 2.93. The second-order valence-electron chi connectivity index (χ2n) is 5.57. The van der Waals surface area contributed by atoms with E-state index in [1.165, 1.54) is 6.42 Å². The minimum atomic E-state index is -0.795. The Morgan fingerprint density at radius 3 is 2.50 bits per heavy atom. The number of carboxylic acid groups (broad SMARTS) is 1. The van der Waals surface area contributed by atoms with Crippen molar-refractivity contribution in [3.63, 3.8) is 0 Å². The van der Waals surface area contributed by atoms with E-state index in [1.807, 2.05) is 4.90 Å². The van der Waals surface area contributed by atoms with Crippen LogP contribution in [0.5, 0.6) is 0 Å². The summed E-state index contributed by atoms with van der Waals surface area (Å²) in [5.41, 5.74) is 0. The molecule has 0 spiro atoms. The van der Waals surface area contributed by atoms with Gasteiger partial charge in [-0.1, -0.05) is 13.3 Å². The maximum atomic E-state index is 12.5. The third-order valence-corrected chi connectivity index (χ3v) is 4.53. The smallest absolute Gasteiger partial charge is 0.307 e. The standard InChI is InChI=1S/C14H23NO3/c1-2-10-6-3-4-9-15(10)13(16)11-7-5-8-12(11)14(17)18/h10-12H,2-9H2,1H3,(H,17,18)/t10?,11-,12+/m1/s1. The van der Waals surface area contributed by atoms with E-state index in [9.17, 15) is 14.7 Å². The maximum absolute atomic E-state index is 12.5. The Kier molecular flexibility index (Phi) is 4.25. The molecule has 2 aliphatic rings. The van der Waals surface area contributed by atoms with E-state index in [0.29, 0.717) is 12.5 Å². The fourth-order valence-electron chi connectivity index (χ4n) is 3.48. The van der Waals surface area contributed by atoms with Crippen LogP contribution in [0.4, 0.5) is 0 Å². The Bertz CT molecular complexity index is 329. The van der Waals surface area contributed by atoms with Crippen molar-refractivity contribution in [1.29, 1.82) is 0 Å². The number of likely N-dealkylation sites (tertiary alicyclic amines) is 1. The topological polar surface area (TPSA) is 57.6 Å². The Hall–Kier alpha value is -1.06. The van der Waals surface area contributed by atoms with Gasteiger partial charge in [0.15, 0.2) is 0 Å². The van der Waals surface area contributed by atoms with Crippen LogP contribution < -0.4 is 0 Å². The van der Waals surface area contributed by atoms with Gasteiger partial charge >= 0.3 is 5.97 Å². The molecular formula is C14H23NO3. The molecule has 1 heterocycles. The first-order valence-corrected chi connectivity index (χ1v) is 7.18. The van der Waals surface area contributed by atoms with Gasteiger partial charge in [0.1, 0.15) is 0 Å². The summed E-state index contributed by atoms with van der Waals surface area (Å²) in [6, 6.07) is 0.335. The Morgan fingerprint density at radius 2 is 1.83 bits per heavy atom. The lowest BCUT2D eigenvalue weighted by Crippen LogP contribution is -2.47. The first kappa shape index (κ1) is 13.4. The Balaban J connectivity index is 2.07. The minimum Gasteiger partial charge on any atom is -0.481 e. The van der Waals surface area contributed by atoms with Crippen LogP contribution in [0.3, 0.4) is 0 Å². The molecule has 1 saturated carbocycles. The first-order valence-electron chi connectivity index (χ1n) is 7.18. The minimum absolute atomic E-state index is 0.103.